The number of hydrogen-bond acceptors (Lipinski definition) is 4. The highest BCUT2D eigenvalue weighted by atomic mass is 16.2. The van der Waals surface area contributed by atoms with Crippen LogP contribution in [-0.2, 0) is 6.42 Å². The van der Waals surface area contributed by atoms with Crippen molar-refractivity contribution in [1.29, 1.82) is 0 Å². The summed E-state index contributed by atoms with van der Waals surface area (Å²) in [5.74, 6) is 0.253. The Morgan fingerprint density at radius 2 is 1.88 bits per heavy atom. The average molecular weight is 334 g/mol. The molecule has 24 heavy (non-hydrogen) atoms. The maximum atomic E-state index is 12.4. The first-order valence-electron chi connectivity index (χ1n) is 8.79. The van der Waals surface area contributed by atoms with Gasteiger partial charge in [0.1, 0.15) is 0 Å². The third-order valence-electron chi connectivity index (χ3n) is 4.51. The van der Waals surface area contributed by atoms with E-state index >= 15 is 0 Å². The van der Waals surface area contributed by atoms with Gasteiger partial charge >= 0.3 is 0 Å². The number of carbonyl (C=O) groups excluding carboxylic acids is 1. The van der Waals surface area contributed by atoms with E-state index in [1.54, 1.807) is 6.07 Å². The summed E-state index contributed by atoms with van der Waals surface area (Å²) < 4.78 is 0. The number of piperazine rings is 1. The predicted octanol–water partition coefficient (Wildman–Crippen LogP) is 0.939. The van der Waals surface area contributed by atoms with Gasteiger partial charge in [-0.25, -0.2) is 0 Å². The Morgan fingerprint density at radius 3 is 2.50 bits per heavy atom. The SMILES string of the molecule is CC(C)Cc1cc(C(=O)NCC(C)N2CCN(C)CC2)cc(=O)[nH]1. The normalized spacial score (nSPS) is 17.9. The van der Waals surface area contributed by atoms with E-state index in [0.29, 0.717) is 24.1 Å². The first-order valence-corrected chi connectivity index (χ1v) is 8.79. The number of nitrogens with zero attached hydrogens (tertiary/aromatic N) is 2. The molecule has 0 spiro atoms. The van der Waals surface area contributed by atoms with Gasteiger partial charge in [-0.05, 0) is 32.4 Å². The monoisotopic (exact) mass is 334 g/mol. The quantitative estimate of drug-likeness (QED) is 0.812. The van der Waals surface area contributed by atoms with Crippen molar-refractivity contribution >= 4 is 5.91 Å². The minimum atomic E-state index is -0.217. The molecular weight excluding hydrogens is 304 g/mol. The van der Waals surface area contributed by atoms with Gasteiger partial charge in [0.05, 0.1) is 0 Å². The van der Waals surface area contributed by atoms with Crippen LogP contribution in [0.3, 0.4) is 0 Å². The first kappa shape index (κ1) is 18.7. The zero-order chi connectivity index (χ0) is 17.7. The molecule has 1 saturated heterocycles. The fraction of sp³-hybridized carbons (Fsp3) is 0.667. The molecule has 1 fully saturated rings. The molecule has 1 amide bonds. The zero-order valence-corrected chi connectivity index (χ0v) is 15.3. The maximum absolute atomic E-state index is 12.4. The van der Waals surface area contributed by atoms with Crippen LogP contribution in [0.4, 0.5) is 0 Å². The van der Waals surface area contributed by atoms with E-state index in [1.165, 1.54) is 6.07 Å². The molecule has 2 N–H and O–H groups in total. The number of aromatic nitrogens is 1. The van der Waals surface area contributed by atoms with Crippen molar-refractivity contribution in [2.75, 3.05) is 39.8 Å². The Morgan fingerprint density at radius 1 is 1.21 bits per heavy atom. The van der Waals surface area contributed by atoms with Gasteiger partial charge in [-0.3, -0.25) is 14.5 Å². The van der Waals surface area contributed by atoms with E-state index in [0.717, 1.165) is 38.3 Å². The third kappa shape index (κ3) is 5.46. The molecule has 1 atom stereocenters. The molecule has 1 aromatic rings. The van der Waals surface area contributed by atoms with Crippen LogP contribution in [0.2, 0.25) is 0 Å². The highest BCUT2D eigenvalue weighted by molar-refractivity contribution is 5.94. The molecular formula is C18H30N4O2. The van der Waals surface area contributed by atoms with Gasteiger partial charge in [0.2, 0.25) is 5.56 Å². The van der Waals surface area contributed by atoms with Crippen LogP contribution in [0.15, 0.2) is 16.9 Å². The van der Waals surface area contributed by atoms with Gasteiger partial charge in [-0.2, -0.15) is 0 Å². The van der Waals surface area contributed by atoms with Gasteiger partial charge in [0.15, 0.2) is 0 Å². The van der Waals surface area contributed by atoms with Crippen LogP contribution in [0.1, 0.15) is 36.8 Å². The number of pyridine rings is 1. The number of H-pyrrole nitrogens is 1. The number of likely N-dealkylation sites (N-methyl/N-ethyl adjacent to an activating group) is 1. The summed E-state index contributed by atoms with van der Waals surface area (Å²) in [6, 6.07) is 3.46. The predicted molar refractivity (Wildman–Crippen MR) is 96.5 cm³/mol. The van der Waals surface area contributed by atoms with E-state index in [-0.39, 0.29) is 11.5 Å². The van der Waals surface area contributed by atoms with Crippen molar-refractivity contribution in [2.24, 2.45) is 5.92 Å². The minimum absolute atomic E-state index is 0.174. The van der Waals surface area contributed by atoms with E-state index in [2.05, 4.69) is 47.9 Å². The number of nitrogens with one attached hydrogen (secondary N) is 2. The molecule has 2 heterocycles. The van der Waals surface area contributed by atoms with Crippen molar-refractivity contribution in [2.45, 2.75) is 33.2 Å². The number of rotatable bonds is 6. The summed E-state index contributed by atoms with van der Waals surface area (Å²) in [5, 5.41) is 2.97. The fourth-order valence-electron chi connectivity index (χ4n) is 3.02. The summed E-state index contributed by atoms with van der Waals surface area (Å²) in [7, 11) is 2.13. The van der Waals surface area contributed by atoms with Crippen molar-refractivity contribution in [1.82, 2.24) is 20.1 Å². The van der Waals surface area contributed by atoms with Gasteiger partial charge in [0, 0.05) is 56.1 Å². The van der Waals surface area contributed by atoms with Gasteiger partial charge in [0.25, 0.3) is 5.91 Å². The number of aromatic amines is 1. The molecule has 1 aliphatic rings. The Bertz CT molecular complexity index is 603. The zero-order valence-electron chi connectivity index (χ0n) is 15.3. The van der Waals surface area contributed by atoms with Crippen LogP contribution < -0.4 is 10.9 Å². The van der Waals surface area contributed by atoms with Crippen molar-refractivity contribution in [3.05, 3.63) is 33.7 Å². The molecule has 0 bridgehead atoms. The average Bonchev–Trinajstić information content (AvgIpc) is 2.51. The van der Waals surface area contributed by atoms with Crippen molar-refractivity contribution in [3.8, 4) is 0 Å². The summed E-state index contributed by atoms with van der Waals surface area (Å²) in [6.07, 6.45) is 0.758. The summed E-state index contributed by atoms with van der Waals surface area (Å²) >= 11 is 0. The van der Waals surface area contributed by atoms with E-state index < -0.39 is 0 Å². The number of amides is 1. The standard InChI is InChI=1S/C18H30N4O2/c1-13(2)9-16-10-15(11-17(23)20-16)18(24)19-12-14(3)22-7-5-21(4)6-8-22/h10-11,13-14H,5-9,12H2,1-4H3,(H,19,24)(H,20,23). The molecule has 0 aliphatic carbocycles. The van der Waals surface area contributed by atoms with E-state index in [9.17, 15) is 9.59 Å². The largest absolute Gasteiger partial charge is 0.350 e. The van der Waals surface area contributed by atoms with Gasteiger partial charge in [-0.1, -0.05) is 13.8 Å². The smallest absolute Gasteiger partial charge is 0.251 e. The molecule has 0 saturated carbocycles. The Labute approximate surface area is 144 Å². The molecule has 6 nitrogen and oxygen atoms in total. The Balaban J connectivity index is 1.92. The molecule has 6 heteroatoms. The van der Waals surface area contributed by atoms with Crippen LogP contribution >= 0.6 is 0 Å². The van der Waals surface area contributed by atoms with Crippen LogP contribution in [-0.4, -0.2) is 66.5 Å². The molecule has 0 aromatic carbocycles. The van der Waals surface area contributed by atoms with Crippen LogP contribution in [0, 0.1) is 5.92 Å². The van der Waals surface area contributed by atoms with E-state index in [4.69, 9.17) is 0 Å². The lowest BCUT2D eigenvalue weighted by Crippen LogP contribution is -2.51. The van der Waals surface area contributed by atoms with Crippen molar-refractivity contribution < 1.29 is 4.79 Å². The molecule has 1 aliphatic heterocycles. The highest BCUT2D eigenvalue weighted by Gasteiger charge is 2.19. The lowest BCUT2D eigenvalue weighted by Gasteiger charge is -2.36. The summed E-state index contributed by atoms with van der Waals surface area (Å²) in [5.41, 5.74) is 1.04. The maximum Gasteiger partial charge on any atom is 0.251 e. The summed E-state index contributed by atoms with van der Waals surface area (Å²) in [4.78, 5) is 31.7. The number of carbonyl (C=O) groups is 1. The highest BCUT2D eigenvalue weighted by Crippen LogP contribution is 2.07. The van der Waals surface area contributed by atoms with Crippen LogP contribution in [0.25, 0.3) is 0 Å². The Kier molecular flexibility index (Phi) is 6.57. The molecule has 1 aromatic heterocycles. The lowest BCUT2D eigenvalue weighted by molar-refractivity contribution is 0.0903. The van der Waals surface area contributed by atoms with E-state index in [1.807, 2.05) is 0 Å². The molecule has 2 rings (SSSR count). The second-order valence-electron chi connectivity index (χ2n) is 7.25. The molecule has 0 radical (unpaired) electrons. The first-order chi connectivity index (χ1) is 11.3. The van der Waals surface area contributed by atoms with Gasteiger partial charge < -0.3 is 15.2 Å². The fourth-order valence-corrected chi connectivity index (χ4v) is 3.02. The van der Waals surface area contributed by atoms with Gasteiger partial charge in [-0.15, -0.1) is 0 Å². The molecule has 1 unspecified atom stereocenters. The number of hydrogen-bond donors (Lipinski definition) is 2. The second-order valence-corrected chi connectivity index (χ2v) is 7.25. The Hall–Kier alpha value is -1.66. The lowest BCUT2D eigenvalue weighted by atomic mass is 10.1. The van der Waals surface area contributed by atoms with Crippen molar-refractivity contribution in [3.63, 3.8) is 0 Å². The molecule has 134 valence electrons. The van der Waals surface area contributed by atoms with Crippen LogP contribution in [0.5, 0.6) is 0 Å². The topological polar surface area (TPSA) is 68.4 Å². The second kappa shape index (κ2) is 8.44. The summed E-state index contributed by atoms with van der Waals surface area (Å²) in [6.45, 7) is 11.1. The third-order valence-corrected chi connectivity index (χ3v) is 4.51. The minimum Gasteiger partial charge on any atom is -0.350 e.